The number of nitrogens with one attached hydrogen (secondary N) is 2. The summed E-state index contributed by atoms with van der Waals surface area (Å²) in [6.45, 7) is 0.357. The Morgan fingerprint density at radius 1 is 0.882 bits per heavy atom. The number of hydrogen-bond donors (Lipinski definition) is 2. The van der Waals surface area contributed by atoms with Crippen LogP contribution in [0.15, 0.2) is 65.6 Å². The third-order valence-electron chi connectivity index (χ3n) is 4.99. The van der Waals surface area contributed by atoms with Crippen LogP contribution in [-0.2, 0) is 16.4 Å². The maximum absolute atomic E-state index is 13.0. The van der Waals surface area contributed by atoms with Crippen LogP contribution < -0.4 is 24.2 Å². The number of carbonyl (C=O) groups excluding carboxylic acids is 1. The number of anilines is 1. The fourth-order valence-electron chi connectivity index (χ4n) is 3.19. The topological polar surface area (TPSA) is 103 Å². The molecule has 0 saturated heterocycles. The highest BCUT2D eigenvalue weighted by Gasteiger charge is 2.21. The average molecular weight is 505 g/mol. The van der Waals surface area contributed by atoms with Crippen molar-refractivity contribution >= 4 is 33.2 Å². The van der Waals surface area contributed by atoms with E-state index in [4.69, 9.17) is 25.8 Å². The molecule has 0 aliphatic carbocycles. The van der Waals surface area contributed by atoms with Crippen LogP contribution in [0.25, 0.3) is 0 Å². The van der Waals surface area contributed by atoms with Crippen molar-refractivity contribution in [3.63, 3.8) is 0 Å². The van der Waals surface area contributed by atoms with Gasteiger partial charge in [-0.3, -0.25) is 9.52 Å². The zero-order valence-corrected chi connectivity index (χ0v) is 20.5. The van der Waals surface area contributed by atoms with Gasteiger partial charge in [0, 0.05) is 17.6 Å². The summed E-state index contributed by atoms with van der Waals surface area (Å²) >= 11 is 6.08. The molecule has 0 aromatic heterocycles. The lowest BCUT2D eigenvalue weighted by molar-refractivity contribution is 0.0955. The zero-order chi connectivity index (χ0) is 24.7. The Balaban J connectivity index is 1.76. The highest BCUT2D eigenvalue weighted by atomic mass is 35.5. The number of carbonyl (C=O) groups is 1. The van der Waals surface area contributed by atoms with Gasteiger partial charge in [0.05, 0.1) is 37.5 Å². The molecule has 180 valence electrons. The Bertz CT molecular complexity index is 1260. The standard InChI is InChI=1S/C24H25ClN2O6S/c1-31-18-7-4-16(5-8-18)12-13-26-24(28)20-10-6-17(25)14-21(20)27-34(29,30)19-9-11-22(32-2)23(15-19)33-3/h4-11,14-15,27H,12-13H2,1-3H3,(H,26,28). The second-order valence-electron chi connectivity index (χ2n) is 7.17. The third-order valence-corrected chi connectivity index (χ3v) is 6.59. The fourth-order valence-corrected chi connectivity index (χ4v) is 4.45. The minimum absolute atomic E-state index is 0.0593. The first-order chi connectivity index (χ1) is 16.3. The second-order valence-corrected chi connectivity index (χ2v) is 9.29. The Morgan fingerprint density at radius 2 is 1.59 bits per heavy atom. The first-order valence-electron chi connectivity index (χ1n) is 10.2. The summed E-state index contributed by atoms with van der Waals surface area (Å²) in [5.41, 5.74) is 1.22. The maximum atomic E-state index is 13.0. The highest BCUT2D eigenvalue weighted by Crippen LogP contribution is 2.31. The molecule has 8 nitrogen and oxygen atoms in total. The van der Waals surface area contributed by atoms with Gasteiger partial charge >= 0.3 is 0 Å². The fraction of sp³-hybridized carbons (Fsp3) is 0.208. The van der Waals surface area contributed by atoms with Gasteiger partial charge in [-0.05, 0) is 54.4 Å². The van der Waals surface area contributed by atoms with Crippen molar-refractivity contribution < 1.29 is 27.4 Å². The molecule has 0 heterocycles. The number of halogens is 1. The van der Waals surface area contributed by atoms with E-state index in [9.17, 15) is 13.2 Å². The number of hydrogen-bond acceptors (Lipinski definition) is 6. The van der Waals surface area contributed by atoms with Crippen LogP contribution >= 0.6 is 11.6 Å². The molecule has 3 aromatic rings. The molecule has 34 heavy (non-hydrogen) atoms. The van der Waals surface area contributed by atoms with Gasteiger partial charge in [-0.1, -0.05) is 23.7 Å². The van der Waals surface area contributed by atoms with Crippen molar-refractivity contribution in [3.05, 3.63) is 76.8 Å². The van der Waals surface area contributed by atoms with E-state index < -0.39 is 15.9 Å². The van der Waals surface area contributed by atoms with Gasteiger partial charge in [0.1, 0.15) is 5.75 Å². The van der Waals surface area contributed by atoms with Crippen LogP contribution in [-0.4, -0.2) is 42.2 Å². The van der Waals surface area contributed by atoms with Crippen LogP contribution in [0.4, 0.5) is 5.69 Å². The van der Waals surface area contributed by atoms with Gasteiger partial charge in [-0.2, -0.15) is 0 Å². The van der Waals surface area contributed by atoms with Gasteiger partial charge in [0.25, 0.3) is 15.9 Å². The summed E-state index contributed by atoms with van der Waals surface area (Å²) in [4.78, 5) is 12.8. The molecule has 1 amide bonds. The maximum Gasteiger partial charge on any atom is 0.262 e. The molecule has 0 aliphatic heterocycles. The largest absolute Gasteiger partial charge is 0.497 e. The molecule has 0 bridgehead atoms. The lowest BCUT2D eigenvalue weighted by Gasteiger charge is -2.15. The van der Waals surface area contributed by atoms with Crippen LogP contribution in [0.2, 0.25) is 5.02 Å². The Morgan fingerprint density at radius 3 is 2.24 bits per heavy atom. The number of ether oxygens (including phenoxy) is 3. The predicted molar refractivity (Wildman–Crippen MR) is 131 cm³/mol. The monoisotopic (exact) mass is 504 g/mol. The van der Waals surface area contributed by atoms with Gasteiger partial charge in [0.2, 0.25) is 0 Å². The molecule has 0 aliphatic rings. The van der Waals surface area contributed by atoms with E-state index in [1.165, 1.54) is 50.6 Å². The summed E-state index contributed by atoms with van der Waals surface area (Å²) in [7, 11) is 0.410. The van der Waals surface area contributed by atoms with Crippen molar-refractivity contribution in [2.24, 2.45) is 0 Å². The van der Waals surface area contributed by atoms with Gasteiger partial charge in [0.15, 0.2) is 11.5 Å². The summed E-state index contributed by atoms with van der Waals surface area (Å²) in [5, 5.41) is 3.09. The van der Waals surface area contributed by atoms with Crippen LogP contribution in [0, 0.1) is 0 Å². The van der Waals surface area contributed by atoms with Crippen molar-refractivity contribution in [2.45, 2.75) is 11.3 Å². The van der Waals surface area contributed by atoms with E-state index in [-0.39, 0.29) is 26.9 Å². The van der Waals surface area contributed by atoms with Crippen molar-refractivity contribution in [1.29, 1.82) is 0 Å². The molecule has 0 radical (unpaired) electrons. The van der Waals surface area contributed by atoms with E-state index in [2.05, 4.69) is 10.0 Å². The smallest absolute Gasteiger partial charge is 0.262 e. The molecule has 3 aromatic carbocycles. The molecule has 0 saturated carbocycles. The van der Waals surface area contributed by atoms with E-state index in [1.807, 2.05) is 24.3 Å². The van der Waals surface area contributed by atoms with E-state index >= 15 is 0 Å². The molecule has 0 unspecified atom stereocenters. The molecule has 0 spiro atoms. The molecular formula is C24H25ClN2O6S. The van der Waals surface area contributed by atoms with Crippen molar-refractivity contribution in [2.75, 3.05) is 32.6 Å². The minimum atomic E-state index is -4.05. The number of sulfonamides is 1. The second kappa shape index (κ2) is 11.1. The van der Waals surface area contributed by atoms with E-state index in [0.717, 1.165) is 11.3 Å². The Hall–Kier alpha value is -3.43. The average Bonchev–Trinajstić information content (AvgIpc) is 2.83. The van der Waals surface area contributed by atoms with Crippen LogP contribution in [0.3, 0.4) is 0 Å². The predicted octanol–water partition coefficient (Wildman–Crippen LogP) is 4.14. The zero-order valence-electron chi connectivity index (χ0n) is 18.9. The van der Waals surface area contributed by atoms with Crippen LogP contribution in [0.5, 0.6) is 17.2 Å². The lowest BCUT2D eigenvalue weighted by Crippen LogP contribution is -2.27. The van der Waals surface area contributed by atoms with Gasteiger partial charge in [-0.25, -0.2) is 8.42 Å². The van der Waals surface area contributed by atoms with Crippen molar-refractivity contribution in [3.8, 4) is 17.2 Å². The Kier molecular flexibility index (Phi) is 8.25. The first-order valence-corrected chi connectivity index (χ1v) is 12.1. The SMILES string of the molecule is COc1ccc(CCNC(=O)c2ccc(Cl)cc2NS(=O)(=O)c2ccc(OC)c(OC)c2)cc1. The summed E-state index contributed by atoms with van der Waals surface area (Å²) < 4.78 is 44.0. The third kappa shape index (κ3) is 6.12. The molecular weight excluding hydrogens is 480 g/mol. The molecule has 0 atom stereocenters. The minimum Gasteiger partial charge on any atom is -0.497 e. The van der Waals surface area contributed by atoms with Gasteiger partial charge < -0.3 is 19.5 Å². The van der Waals surface area contributed by atoms with E-state index in [0.29, 0.717) is 18.7 Å². The first kappa shape index (κ1) is 25.2. The quantitative estimate of drug-likeness (QED) is 0.430. The number of benzene rings is 3. The number of rotatable bonds is 10. The number of amides is 1. The molecule has 2 N–H and O–H groups in total. The lowest BCUT2D eigenvalue weighted by atomic mass is 10.1. The Labute approximate surface area is 203 Å². The molecule has 3 rings (SSSR count). The molecule has 10 heteroatoms. The summed E-state index contributed by atoms with van der Waals surface area (Å²) in [5.74, 6) is 0.963. The van der Waals surface area contributed by atoms with E-state index in [1.54, 1.807) is 7.11 Å². The summed E-state index contributed by atoms with van der Waals surface area (Å²) in [6.07, 6.45) is 0.593. The molecule has 0 fully saturated rings. The van der Waals surface area contributed by atoms with Gasteiger partial charge in [-0.15, -0.1) is 0 Å². The normalized spacial score (nSPS) is 10.9. The highest BCUT2D eigenvalue weighted by molar-refractivity contribution is 7.92. The number of methoxy groups -OCH3 is 3. The van der Waals surface area contributed by atoms with Crippen LogP contribution in [0.1, 0.15) is 15.9 Å². The van der Waals surface area contributed by atoms with Crippen molar-refractivity contribution in [1.82, 2.24) is 5.32 Å². The summed E-state index contributed by atoms with van der Waals surface area (Å²) in [6, 6.07) is 16.1.